The van der Waals surface area contributed by atoms with Gasteiger partial charge in [0.2, 0.25) is 0 Å². The zero-order valence-electron chi connectivity index (χ0n) is 9.72. The highest BCUT2D eigenvalue weighted by atomic mass is 16.5. The average Bonchev–Trinajstić information content (AvgIpc) is 2.34. The third kappa shape index (κ3) is 3.37. The third-order valence-electron chi connectivity index (χ3n) is 3.07. The van der Waals surface area contributed by atoms with E-state index in [4.69, 9.17) is 20.7 Å². The summed E-state index contributed by atoms with van der Waals surface area (Å²) in [6.45, 7) is -0.508. The number of carbonyl (C=O) groups is 1. The minimum absolute atomic E-state index is 0.0536. The Bertz CT molecular complexity index is 285. The predicted octanol–water partition coefficient (Wildman–Crippen LogP) is -2.98. The number of carboxylic acid groups (broad SMARTS) is 1. The highest BCUT2D eigenvalue weighted by Gasteiger charge is 2.43. The normalized spacial score (nSPS) is 38.4. The highest BCUT2D eigenvalue weighted by molar-refractivity contribution is 5.72. The van der Waals surface area contributed by atoms with Crippen molar-refractivity contribution in [1.29, 1.82) is 0 Å². The largest absolute Gasteiger partial charge is 0.480 e. The lowest BCUT2D eigenvalue weighted by atomic mass is 9.92. The van der Waals surface area contributed by atoms with E-state index in [2.05, 4.69) is 0 Å². The molecule has 0 aromatic rings. The minimum Gasteiger partial charge on any atom is -0.480 e. The van der Waals surface area contributed by atoms with Crippen molar-refractivity contribution < 1.29 is 35.1 Å². The number of aliphatic hydroxyl groups is 4. The van der Waals surface area contributed by atoms with Crippen LogP contribution in [0.3, 0.4) is 0 Å². The van der Waals surface area contributed by atoms with Crippen LogP contribution in [-0.4, -0.2) is 74.7 Å². The van der Waals surface area contributed by atoms with Crippen LogP contribution in [0, 0.1) is 0 Å². The monoisotopic (exact) mass is 265 g/mol. The molecule has 0 spiro atoms. The molecule has 0 unspecified atom stereocenters. The van der Waals surface area contributed by atoms with Gasteiger partial charge in [-0.2, -0.15) is 0 Å². The fourth-order valence-electron chi connectivity index (χ4n) is 1.88. The van der Waals surface area contributed by atoms with E-state index in [9.17, 15) is 20.1 Å². The standard InChI is InChI=1S/C10H19NO7/c11-4(10(16)17)1-2-5-7(13)9(15)8(14)6(3-12)18-5/h4-9,12-15H,1-3,11H2,(H,16,17)/t4-,5+,6+,7-,8-,9+/m0/s1. The molecule has 1 fully saturated rings. The summed E-state index contributed by atoms with van der Waals surface area (Å²) in [6.07, 6.45) is -5.88. The summed E-state index contributed by atoms with van der Waals surface area (Å²) in [4.78, 5) is 10.5. The van der Waals surface area contributed by atoms with Crippen LogP contribution in [0.1, 0.15) is 12.8 Å². The van der Waals surface area contributed by atoms with Gasteiger partial charge in [-0.3, -0.25) is 4.79 Å². The fourth-order valence-corrected chi connectivity index (χ4v) is 1.88. The smallest absolute Gasteiger partial charge is 0.320 e. The molecule has 8 nitrogen and oxygen atoms in total. The summed E-state index contributed by atoms with van der Waals surface area (Å²) in [5.74, 6) is -1.17. The first kappa shape index (κ1) is 15.3. The van der Waals surface area contributed by atoms with Crippen molar-refractivity contribution in [2.24, 2.45) is 5.73 Å². The summed E-state index contributed by atoms with van der Waals surface area (Å²) >= 11 is 0. The zero-order valence-corrected chi connectivity index (χ0v) is 9.72. The van der Waals surface area contributed by atoms with Crippen LogP contribution in [-0.2, 0) is 9.53 Å². The molecular weight excluding hydrogens is 246 g/mol. The van der Waals surface area contributed by atoms with Crippen molar-refractivity contribution in [2.45, 2.75) is 49.4 Å². The molecule has 1 aliphatic rings. The van der Waals surface area contributed by atoms with Crippen molar-refractivity contribution in [3.05, 3.63) is 0 Å². The van der Waals surface area contributed by atoms with E-state index < -0.39 is 49.1 Å². The Hall–Kier alpha value is -0.770. The fraction of sp³-hybridized carbons (Fsp3) is 0.900. The molecule has 1 heterocycles. The Morgan fingerprint density at radius 1 is 1.17 bits per heavy atom. The number of aliphatic carboxylic acids is 1. The van der Waals surface area contributed by atoms with Gasteiger partial charge in [0.15, 0.2) is 0 Å². The van der Waals surface area contributed by atoms with Crippen LogP contribution in [0.15, 0.2) is 0 Å². The van der Waals surface area contributed by atoms with Crippen LogP contribution in [0.4, 0.5) is 0 Å². The number of ether oxygens (including phenoxy) is 1. The van der Waals surface area contributed by atoms with E-state index in [0.717, 1.165) is 0 Å². The lowest BCUT2D eigenvalue weighted by Crippen LogP contribution is -2.58. The predicted molar refractivity (Wildman–Crippen MR) is 58.6 cm³/mol. The number of carboxylic acids is 1. The van der Waals surface area contributed by atoms with Crippen LogP contribution in [0.2, 0.25) is 0 Å². The molecule has 1 rings (SSSR count). The first-order chi connectivity index (χ1) is 8.38. The zero-order chi connectivity index (χ0) is 13.9. The van der Waals surface area contributed by atoms with Gasteiger partial charge in [0, 0.05) is 0 Å². The Morgan fingerprint density at radius 3 is 2.22 bits per heavy atom. The molecule has 6 atom stereocenters. The van der Waals surface area contributed by atoms with Gasteiger partial charge in [-0.1, -0.05) is 0 Å². The van der Waals surface area contributed by atoms with E-state index in [1.807, 2.05) is 0 Å². The molecule has 8 heteroatoms. The van der Waals surface area contributed by atoms with Gasteiger partial charge in [0.1, 0.15) is 30.5 Å². The third-order valence-corrected chi connectivity index (χ3v) is 3.07. The van der Waals surface area contributed by atoms with Crippen LogP contribution >= 0.6 is 0 Å². The molecule has 0 amide bonds. The van der Waals surface area contributed by atoms with Gasteiger partial charge < -0.3 is 36.0 Å². The molecule has 0 radical (unpaired) electrons. The first-order valence-corrected chi connectivity index (χ1v) is 5.67. The lowest BCUT2D eigenvalue weighted by Gasteiger charge is -2.40. The maximum absolute atomic E-state index is 10.5. The number of nitrogens with two attached hydrogens (primary N) is 1. The summed E-state index contributed by atoms with van der Waals surface area (Å²) in [6, 6.07) is -1.09. The number of hydrogen-bond donors (Lipinski definition) is 6. The summed E-state index contributed by atoms with van der Waals surface area (Å²) in [7, 11) is 0. The minimum atomic E-state index is -1.44. The van der Waals surface area contributed by atoms with Crippen molar-refractivity contribution in [2.75, 3.05) is 6.61 Å². The first-order valence-electron chi connectivity index (χ1n) is 5.67. The Morgan fingerprint density at radius 2 is 1.72 bits per heavy atom. The summed E-state index contributed by atoms with van der Waals surface area (Å²) in [5, 5.41) is 46.3. The van der Waals surface area contributed by atoms with Gasteiger partial charge >= 0.3 is 5.97 Å². The summed E-state index contributed by atoms with van der Waals surface area (Å²) in [5.41, 5.74) is 5.31. The maximum Gasteiger partial charge on any atom is 0.320 e. The van der Waals surface area contributed by atoms with E-state index in [0.29, 0.717) is 0 Å². The summed E-state index contributed by atoms with van der Waals surface area (Å²) < 4.78 is 5.20. The van der Waals surface area contributed by atoms with Gasteiger partial charge in [-0.25, -0.2) is 0 Å². The molecule has 1 saturated heterocycles. The van der Waals surface area contributed by atoms with Crippen LogP contribution < -0.4 is 5.73 Å². The molecular formula is C10H19NO7. The van der Waals surface area contributed by atoms with Crippen molar-refractivity contribution in [3.8, 4) is 0 Å². The van der Waals surface area contributed by atoms with Gasteiger partial charge in [-0.15, -0.1) is 0 Å². The van der Waals surface area contributed by atoms with Gasteiger partial charge in [-0.05, 0) is 12.8 Å². The molecule has 7 N–H and O–H groups in total. The van der Waals surface area contributed by atoms with Crippen molar-refractivity contribution in [1.82, 2.24) is 0 Å². The topological polar surface area (TPSA) is 153 Å². The average molecular weight is 265 g/mol. The van der Waals surface area contributed by atoms with E-state index >= 15 is 0 Å². The molecule has 0 aromatic heterocycles. The number of hydrogen-bond acceptors (Lipinski definition) is 7. The Labute approximate surface area is 104 Å². The van der Waals surface area contributed by atoms with Crippen molar-refractivity contribution >= 4 is 5.97 Å². The highest BCUT2D eigenvalue weighted by Crippen LogP contribution is 2.24. The Kier molecular flexibility index (Phi) is 5.45. The molecule has 0 bridgehead atoms. The number of rotatable bonds is 5. The second kappa shape index (κ2) is 6.41. The lowest BCUT2D eigenvalue weighted by molar-refractivity contribution is -0.230. The van der Waals surface area contributed by atoms with Crippen LogP contribution in [0.25, 0.3) is 0 Å². The molecule has 0 aliphatic carbocycles. The van der Waals surface area contributed by atoms with Gasteiger partial charge in [0.05, 0.1) is 12.7 Å². The van der Waals surface area contributed by atoms with E-state index in [1.165, 1.54) is 0 Å². The quantitative estimate of drug-likeness (QED) is 0.308. The molecule has 18 heavy (non-hydrogen) atoms. The Balaban J connectivity index is 2.56. The molecule has 0 saturated carbocycles. The maximum atomic E-state index is 10.5. The molecule has 106 valence electrons. The molecule has 0 aromatic carbocycles. The SMILES string of the molecule is N[C@@H](CC[C@H]1O[C@H](CO)[C@H](O)[C@H](O)[C@H]1O)C(=O)O. The van der Waals surface area contributed by atoms with Crippen molar-refractivity contribution in [3.63, 3.8) is 0 Å². The van der Waals surface area contributed by atoms with E-state index in [-0.39, 0.29) is 12.8 Å². The second-order valence-electron chi connectivity index (χ2n) is 4.39. The van der Waals surface area contributed by atoms with Crippen LogP contribution in [0.5, 0.6) is 0 Å². The van der Waals surface area contributed by atoms with Gasteiger partial charge in [0.25, 0.3) is 0 Å². The second-order valence-corrected chi connectivity index (χ2v) is 4.39. The molecule has 1 aliphatic heterocycles. The number of aliphatic hydroxyl groups excluding tert-OH is 4. The van der Waals surface area contributed by atoms with E-state index in [1.54, 1.807) is 0 Å².